The molecule has 0 N–H and O–H groups in total. The van der Waals surface area contributed by atoms with Gasteiger partial charge in [0.25, 0.3) is 0 Å². The van der Waals surface area contributed by atoms with E-state index in [1.54, 1.807) is 30.0 Å². The third-order valence-corrected chi connectivity index (χ3v) is 1.31. The molecule has 0 spiro atoms. The van der Waals surface area contributed by atoms with Gasteiger partial charge in [0.15, 0.2) is 12.1 Å². The molecule has 0 heterocycles. The zero-order valence-electron chi connectivity index (χ0n) is 8.85. The number of aliphatic imine (C=N–C) groups is 1. The standard InChI is InChI=1S/C9H14N4O/c1-12(2)7-11-9(13(3)4)8(5-10)6-14/h6-7H,1-4H3/b9-8-,11-7+. The van der Waals surface area contributed by atoms with E-state index in [-0.39, 0.29) is 5.57 Å². The summed E-state index contributed by atoms with van der Waals surface area (Å²) < 4.78 is 0. The van der Waals surface area contributed by atoms with Crippen LogP contribution in [0, 0.1) is 11.3 Å². The molecule has 0 radical (unpaired) electrons. The van der Waals surface area contributed by atoms with Gasteiger partial charge in [-0.05, 0) is 0 Å². The summed E-state index contributed by atoms with van der Waals surface area (Å²) >= 11 is 0. The van der Waals surface area contributed by atoms with E-state index in [4.69, 9.17) is 5.26 Å². The first-order valence-corrected chi connectivity index (χ1v) is 4.00. The van der Waals surface area contributed by atoms with Crippen LogP contribution < -0.4 is 0 Å². The zero-order chi connectivity index (χ0) is 11.1. The molecular formula is C9H14N4O. The Bertz CT molecular complexity index is 296. The number of carbonyl (C=O) groups excluding carboxylic acids is 1. The van der Waals surface area contributed by atoms with Gasteiger partial charge in [-0.3, -0.25) is 4.79 Å². The summed E-state index contributed by atoms with van der Waals surface area (Å²) in [7, 11) is 7.07. The van der Waals surface area contributed by atoms with Gasteiger partial charge in [0, 0.05) is 28.2 Å². The summed E-state index contributed by atoms with van der Waals surface area (Å²) in [6.07, 6.45) is 2.04. The maximum Gasteiger partial charge on any atom is 0.164 e. The van der Waals surface area contributed by atoms with Gasteiger partial charge in [0.1, 0.15) is 11.6 Å². The maximum atomic E-state index is 10.5. The summed E-state index contributed by atoms with van der Waals surface area (Å²) in [5.41, 5.74) is 0.0214. The molecule has 0 bridgehead atoms. The Morgan fingerprint density at radius 2 is 1.93 bits per heavy atom. The number of carbonyl (C=O) groups is 1. The minimum absolute atomic E-state index is 0.0214. The molecule has 76 valence electrons. The van der Waals surface area contributed by atoms with Gasteiger partial charge in [-0.25, -0.2) is 4.99 Å². The molecule has 0 amide bonds. The van der Waals surface area contributed by atoms with E-state index in [9.17, 15) is 4.79 Å². The van der Waals surface area contributed by atoms with Crippen LogP contribution in [0.1, 0.15) is 0 Å². The average Bonchev–Trinajstić information content (AvgIpc) is 2.11. The first kappa shape index (κ1) is 12.2. The molecule has 0 aliphatic rings. The van der Waals surface area contributed by atoms with Crippen LogP contribution in [-0.2, 0) is 4.79 Å². The molecule has 0 atom stereocenters. The number of nitriles is 1. The van der Waals surface area contributed by atoms with Crippen molar-refractivity contribution in [1.29, 1.82) is 5.26 Å². The van der Waals surface area contributed by atoms with Crippen LogP contribution in [0.5, 0.6) is 0 Å². The topological polar surface area (TPSA) is 59.7 Å². The van der Waals surface area contributed by atoms with Crippen molar-refractivity contribution in [3.05, 3.63) is 11.4 Å². The number of rotatable bonds is 4. The first-order valence-electron chi connectivity index (χ1n) is 4.00. The predicted octanol–water partition coefficient (Wildman–Crippen LogP) is 0.0720. The van der Waals surface area contributed by atoms with E-state index >= 15 is 0 Å². The molecule has 5 nitrogen and oxygen atoms in total. The van der Waals surface area contributed by atoms with Gasteiger partial charge in [0.2, 0.25) is 0 Å². The largest absolute Gasteiger partial charge is 0.369 e. The van der Waals surface area contributed by atoms with Crippen LogP contribution in [0.15, 0.2) is 16.4 Å². The van der Waals surface area contributed by atoms with Crippen molar-refractivity contribution in [3.8, 4) is 6.07 Å². The van der Waals surface area contributed by atoms with E-state index in [1.165, 1.54) is 6.34 Å². The molecule has 0 fully saturated rings. The van der Waals surface area contributed by atoms with Crippen LogP contribution >= 0.6 is 0 Å². The van der Waals surface area contributed by atoms with E-state index < -0.39 is 0 Å². The second-order valence-corrected chi connectivity index (χ2v) is 3.07. The second kappa shape index (κ2) is 5.75. The molecule has 0 aliphatic carbocycles. The molecule has 14 heavy (non-hydrogen) atoms. The van der Waals surface area contributed by atoms with Crippen molar-refractivity contribution in [2.45, 2.75) is 0 Å². The Balaban J connectivity index is 5.06. The second-order valence-electron chi connectivity index (χ2n) is 3.07. The quantitative estimate of drug-likeness (QED) is 0.209. The van der Waals surface area contributed by atoms with E-state index in [0.717, 1.165) is 0 Å². The van der Waals surface area contributed by atoms with Crippen LogP contribution in [0.3, 0.4) is 0 Å². The number of aldehydes is 1. The van der Waals surface area contributed by atoms with Crippen molar-refractivity contribution in [2.24, 2.45) is 4.99 Å². The van der Waals surface area contributed by atoms with Crippen molar-refractivity contribution < 1.29 is 4.79 Å². The van der Waals surface area contributed by atoms with Crippen molar-refractivity contribution in [2.75, 3.05) is 28.2 Å². The first-order chi connectivity index (χ1) is 6.52. The number of hydrogen-bond donors (Lipinski definition) is 0. The molecular weight excluding hydrogens is 180 g/mol. The summed E-state index contributed by atoms with van der Waals surface area (Å²) in [5.74, 6) is 0.358. The minimum atomic E-state index is 0.0214. The van der Waals surface area contributed by atoms with Gasteiger partial charge in [0.05, 0.1) is 6.34 Å². The van der Waals surface area contributed by atoms with Gasteiger partial charge < -0.3 is 9.80 Å². The van der Waals surface area contributed by atoms with Gasteiger partial charge in [-0.1, -0.05) is 0 Å². The average molecular weight is 194 g/mol. The van der Waals surface area contributed by atoms with E-state index in [2.05, 4.69) is 4.99 Å². The molecule has 0 saturated heterocycles. The highest BCUT2D eigenvalue weighted by molar-refractivity contribution is 5.80. The summed E-state index contributed by atoms with van der Waals surface area (Å²) in [4.78, 5) is 17.9. The third-order valence-electron chi connectivity index (χ3n) is 1.31. The Labute approximate surface area is 83.9 Å². The maximum absolute atomic E-state index is 10.5. The lowest BCUT2D eigenvalue weighted by Gasteiger charge is -2.13. The lowest BCUT2D eigenvalue weighted by Crippen LogP contribution is -2.15. The smallest absolute Gasteiger partial charge is 0.164 e. The zero-order valence-corrected chi connectivity index (χ0v) is 8.85. The third kappa shape index (κ3) is 3.72. The summed E-state index contributed by atoms with van der Waals surface area (Å²) in [5, 5.41) is 8.66. The fourth-order valence-corrected chi connectivity index (χ4v) is 0.725. The Morgan fingerprint density at radius 3 is 2.21 bits per heavy atom. The fourth-order valence-electron chi connectivity index (χ4n) is 0.725. The molecule has 0 aromatic heterocycles. The number of allylic oxidation sites excluding steroid dienone is 1. The summed E-state index contributed by atoms with van der Waals surface area (Å²) in [6, 6.07) is 1.79. The van der Waals surface area contributed by atoms with Gasteiger partial charge in [-0.2, -0.15) is 5.26 Å². The molecule has 0 aromatic carbocycles. The number of hydrogen-bond acceptors (Lipinski definition) is 4. The van der Waals surface area contributed by atoms with E-state index in [1.807, 2.05) is 14.1 Å². The molecule has 5 heteroatoms. The fraction of sp³-hybridized carbons (Fsp3) is 0.444. The SMILES string of the molecule is CN(C)/C=N/C(=C(\C#N)C=O)N(C)C. The Kier molecular flexibility index (Phi) is 5.00. The molecule has 0 aliphatic heterocycles. The highest BCUT2D eigenvalue weighted by Crippen LogP contribution is 2.05. The van der Waals surface area contributed by atoms with Crippen molar-refractivity contribution in [1.82, 2.24) is 9.80 Å². The lowest BCUT2D eigenvalue weighted by molar-refractivity contribution is -0.104. The Hall–Kier alpha value is -1.83. The molecule has 0 unspecified atom stereocenters. The van der Waals surface area contributed by atoms with Gasteiger partial charge in [-0.15, -0.1) is 0 Å². The minimum Gasteiger partial charge on any atom is -0.369 e. The highest BCUT2D eigenvalue weighted by Gasteiger charge is 2.05. The van der Waals surface area contributed by atoms with Crippen molar-refractivity contribution in [3.63, 3.8) is 0 Å². The molecule has 0 saturated carbocycles. The summed E-state index contributed by atoms with van der Waals surface area (Å²) in [6.45, 7) is 0. The van der Waals surface area contributed by atoms with Crippen LogP contribution in [0.4, 0.5) is 0 Å². The highest BCUT2D eigenvalue weighted by atomic mass is 16.1. The van der Waals surface area contributed by atoms with E-state index in [0.29, 0.717) is 12.1 Å². The lowest BCUT2D eigenvalue weighted by atomic mass is 10.3. The molecule has 0 rings (SSSR count). The van der Waals surface area contributed by atoms with Crippen molar-refractivity contribution >= 4 is 12.6 Å². The van der Waals surface area contributed by atoms with Gasteiger partial charge >= 0.3 is 0 Å². The molecule has 0 aromatic rings. The van der Waals surface area contributed by atoms with Crippen LogP contribution in [0.2, 0.25) is 0 Å². The van der Waals surface area contributed by atoms with Crippen LogP contribution in [0.25, 0.3) is 0 Å². The predicted molar refractivity (Wildman–Crippen MR) is 54.6 cm³/mol. The normalized spacial score (nSPS) is 11.9. The van der Waals surface area contributed by atoms with Crippen LogP contribution in [-0.4, -0.2) is 50.6 Å². The Morgan fingerprint density at radius 1 is 1.36 bits per heavy atom. The monoisotopic (exact) mass is 194 g/mol. The number of nitrogens with zero attached hydrogens (tertiary/aromatic N) is 4.